The molecule has 5 nitrogen and oxygen atoms in total. The molecule has 0 aromatic heterocycles. The minimum atomic E-state index is -0.440. The van der Waals surface area contributed by atoms with Gasteiger partial charge in [-0.15, -0.1) is 0 Å². The Bertz CT molecular complexity index is 564. The Morgan fingerprint density at radius 2 is 2.19 bits per heavy atom. The maximum Gasteiger partial charge on any atom is 0.315 e. The van der Waals surface area contributed by atoms with Crippen LogP contribution in [0.3, 0.4) is 0 Å². The van der Waals surface area contributed by atoms with Crippen molar-refractivity contribution in [2.24, 2.45) is 0 Å². The Hall–Kier alpha value is -1.75. The number of nitrogens with one attached hydrogen (secondary N) is 2. The van der Waals surface area contributed by atoms with Crippen LogP contribution in [-0.2, 0) is 11.2 Å². The van der Waals surface area contributed by atoms with E-state index in [1.165, 1.54) is 0 Å². The van der Waals surface area contributed by atoms with Crippen LogP contribution in [0.1, 0.15) is 18.4 Å². The van der Waals surface area contributed by atoms with Crippen molar-refractivity contribution in [1.29, 1.82) is 0 Å². The van der Waals surface area contributed by atoms with Crippen LogP contribution >= 0.6 is 11.6 Å². The Balaban J connectivity index is 1.69. The van der Waals surface area contributed by atoms with Gasteiger partial charge in [-0.25, -0.2) is 4.79 Å². The number of carbonyl (C=O) groups is 2. The second-order valence-corrected chi connectivity index (χ2v) is 5.94. The van der Waals surface area contributed by atoms with Gasteiger partial charge in [-0.3, -0.25) is 4.79 Å². The van der Waals surface area contributed by atoms with Gasteiger partial charge in [0.05, 0.1) is 0 Å². The lowest BCUT2D eigenvalue weighted by Crippen LogP contribution is -2.48. The van der Waals surface area contributed by atoms with Gasteiger partial charge in [0, 0.05) is 24.2 Å². The summed E-state index contributed by atoms with van der Waals surface area (Å²) in [5.41, 5.74) is 1.07. The van der Waals surface area contributed by atoms with Crippen molar-refractivity contribution in [3.63, 3.8) is 0 Å². The van der Waals surface area contributed by atoms with E-state index in [1.54, 1.807) is 0 Å². The normalized spacial score (nSPS) is 24.8. The largest absolute Gasteiger partial charge is 0.338 e. The van der Waals surface area contributed by atoms with E-state index in [1.807, 2.05) is 29.2 Å². The zero-order valence-corrected chi connectivity index (χ0v) is 12.4. The minimum absolute atomic E-state index is 0.00269. The SMILES string of the molecule is O=C1NCC(C(=O)N2CCCC2Cc2ccccc2Cl)N1. The summed E-state index contributed by atoms with van der Waals surface area (Å²) in [5, 5.41) is 6.03. The lowest BCUT2D eigenvalue weighted by molar-refractivity contribution is -0.133. The number of carbonyl (C=O) groups excluding carboxylic acids is 2. The van der Waals surface area contributed by atoms with E-state index in [9.17, 15) is 9.59 Å². The quantitative estimate of drug-likeness (QED) is 0.890. The number of urea groups is 1. The standard InChI is InChI=1S/C15H18ClN3O2/c16-12-6-2-1-4-10(12)8-11-5-3-7-19(11)14(20)13-9-17-15(21)18-13/h1-2,4,6,11,13H,3,5,7-9H2,(H2,17,18,21). The van der Waals surface area contributed by atoms with Crippen LogP contribution in [0.5, 0.6) is 0 Å². The summed E-state index contributed by atoms with van der Waals surface area (Å²) in [6, 6.07) is 7.20. The van der Waals surface area contributed by atoms with Crippen LogP contribution < -0.4 is 10.6 Å². The molecule has 1 aromatic rings. The second-order valence-electron chi connectivity index (χ2n) is 5.53. The molecule has 2 unspecified atom stereocenters. The Kier molecular flexibility index (Phi) is 4.01. The molecule has 0 aliphatic carbocycles. The summed E-state index contributed by atoms with van der Waals surface area (Å²) in [5.74, 6) is 0.00269. The molecule has 2 fully saturated rings. The first-order valence-electron chi connectivity index (χ1n) is 7.23. The fourth-order valence-electron chi connectivity index (χ4n) is 3.06. The molecule has 0 spiro atoms. The van der Waals surface area contributed by atoms with Crippen molar-refractivity contribution in [1.82, 2.24) is 15.5 Å². The fourth-order valence-corrected chi connectivity index (χ4v) is 3.27. The molecular weight excluding hydrogens is 290 g/mol. The number of benzene rings is 1. The molecule has 2 heterocycles. The highest BCUT2D eigenvalue weighted by atomic mass is 35.5. The second kappa shape index (κ2) is 5.93. The van der Waals surface area contributed by atoms with Gasteiger partial charge < -0.3 is 15.5 Å². The maximum absolute atomic E-state index is 12.5. The highest BCUT2D eigenvalue weighted by Crippen LogP contribution is 2.25. The molecule has 2 aliphatic rings. The van der Waals surface area contributed by atoms with Crippen LogP contribution in [0, 0.1) is 0 Å². The number of hydrogen-bond acceptors (Lipinski definition) is 2. The Labute approximate surface area is 128 Å². The Morgan fingerprint density at radius 3 is 2.90 bits per heavy atom. The maximum atomic E-state index is 12.5. The summed E-state index contributed by atoms with van der Waals surface area (Å²) >= 11 is 6.21. The van der Waals surface area contributed by atoms with Gasteiger partial charge in [0.2, 0.25) is 5.91 Å². The summed E-state index contributed by atoms with van der Waals surface area (Å²) in [7, 11) is 0. The fraction of sp³-hybridized carbons (Fsp3) is 0.467. The van der Waals surface area contributed by atoms with Gasteiger partial charge in [0.1, 0.15) is 6.04 Å². The van der Waals surface area contributed by atoms with Gasteiger partial charge in [-0.05, 0) is 30.9 Å². The molecule has 2 saturated heterocycles. The highest BCUT2D eigenvalue weighted by Gasteiger charge is 2.36. The van der Waals surface area contributed by atoms with Crippen LogP contribution in [0.2, 0.25) is 5.02 Å². The number of halogens is 1. The molecule has 2 aliphatic heterocycles. The number of likely N-dealkylation sites (tertiary alicyclic amines) is 1. The van der Waals surface area contributed by atoms with E-state index in [0.29, 0.717) is 6.54 Å². The molecular formula is C15H18ClN3O2. The minimum Gasteiger partial charge on any atom is -0.338 e. The van der Waals surface area contributed by atoms with Gasteiger partial charge in [0.25, 0.3) is 0 Å². The first kappa shape index (κ1) is 14.2. The van der Waals surface area contributed by atoms with E-state index < -0.39 is 6.04 Å². The molecule has 0 bridgehead atoms. The third kappa shape index (κ3) is 2.97. The molecule has 112 valence electrons. The molecule has 3 rings (SSSR count). The summed E-state index contributed by atoms with van der Waals surface area (Å²) in [6.45, 7) is 1.12. The van der Waals surface area contributed by atoms with Crippen LogP contribution in [0.25, 0.3) is 0 Å². The number of hydrogen-bond donors (Lipinski definition) is 2. The molecule has 3 amide bonds. The van der Waals surface area contributed by atoms with Crippen molar-refractivity contribution < 1.29 is 9.59 Å². The van der Waals surface area contributed by atoms with Gasteiger partial charge >= 0.3 is 6.03 Å². The van der Waals surface area contributed by atoms with Gasteiger partial charge in [-0.1, -0.05) is 29.8 Å². The predicted molar refractivity (Wildman–Crippen MR) is 80.2 cm³/mol. The average molecular weight is 308 g/mol. The van der Waals surface area contributed by atoms with Crippen LogP contribution in [0.4, 0.5) is 4.79 Å². The van der Waals surface area contributed by atoms with E-state index in [-0.39, 0.29) is 18.0 Å². The summed E-state index contributed by atoms with van der Waals surface area (Å²) in [6.07, 6.45) is 2.74. The van der Waals surface area contributed by atoms with Crippen molar-refractivity contribution in [2.75, 3.05) is 13.1 Å². The average Bonchev–Trinajstić information content (AvgIpc) is 3.10. The molecule has 2 atom stereocenters. The lowest BCUT2D eigenvalue weighted by atomic mass is 10.0. The van der Waals surface area contributed by atoms with Gasteiger partial charge in [0.15, 0.2) is 0 Å². The first-order chi connectivity index (χ1) is 10.1. The van der Waals surface area contributed by atoms with Crippen LogP contribution in [0.15, 0.2) is 24.3 Å². The molecule has 0 saturated carbocycles. The monoisotopic (exact) mass is 307 g/mol. The van der Waals surface area contributed by atoms with E-state index in [0.717, 1.165) is 36.4 Å². The third-order valence-corrected chi connectivity index (χ3v) is 4.51. The van der Waals surface area contributed by atoms with Gasteiger partial charge in [-0.2, -0.15) is 0 Å². The smallest absolute Gasteiger partial charge is 0.315 e. The van der Waals surface area contributed by atoms with Crippen molar-refractivity contribution in [2.45, 2.75) is 31.3 Å². The van der Waals surface area contributed by atoms with E-state index >= 15 is 0 Å². The molecule has 2 N–H and O–H groups in total. The third-order valence-electron chi connectivity index (χ3n) is 4.14. The topological polar surface area (TPSA) is 61.4 Å². The van der Waals surface area contributed by atoms with Crippen molar-refractivity contribution >= 4 is 23.5 Å². The zero-order chi connectivity index (χ0) is 14.8. The molecule has 21 heavy (non-hydrogen) atoms. The lowest BCUT2D eigenvalue weighted by Gasteiger charge is -2.27. The van der Waals surface area contributed by atoms with Crippen molar-refractivity contribution in [3.8, 4) is 0 Å². The zero-order valence-electron chi connectivity index (χ0n) is 11.6. The summed E-state index contributed by atoms with van der Waals surface area (Å²) in [4.78, 5) is 25.6. The summed E-state index contributed by atoms with van der Waals surface area (Å²) < 4.78 is 0. The molecule has 0 radical (unpaired) electrons. The van der Waals surface area contributed by atoms with Crippen molar-refractivity contribution in [3.05, 3.63) is 34.9 Å². The number of amides is 3. The van der Waals surface area contributed by atoms with Crippen LogP contribution in [-0.4, -0.2) is 42.0 Å². The molecule has 6 heteroatoms. The Morgan fingerprint density at radius 1 is 1.38 bits per heavy atom. The van der Waals surface area contributed by atoms with E-state index in [2.05, 4.69) is 10.6 Å². The first-order valence-corrected chi connectivity index (χ1v) is 7.61. The number of rotatable bonds is 3. The highest BCUT2D eigenvalue weighted by molar-refractivity contribution is 6.31. The van der Waals surface area contributed by atoms with E-state index in [4.69, 9.17) is 11.6 Å². The predicted octanol–water partition coefficient (Wildman–Crippen LogP) is 1.55. The molecule has 1 aromatic carbocycles. The number of nitrogens with zero attached hydrogens (tertiary/aromatic N) is 1.